The van der Waals surface area contributed by atoms with Crippen LogP contribution in [0.3, 0.4) is 0 Å². The van der Waals surface area contributed by atoms with Crippen molar-refractivity contribution >= 4 is 15.9 Å². The minimum absolute atomic E-state index is 0.0105. The lowest BCUT2D eigenvalue weighted by Crippen LogP contribution is -1.75. The molecule has 0 aromatic carbocycles. The van der Waals surface area contributed by atoms with E-state index in [1.165, 1.54) is 0 Å². The number of halogens is 1. The van der Waals surface area contributed by atoms with Crippen LogP contribution in [0.4, 0.5) is 0 Å². The molecule has 2 heteroatoms. The van der Waals surface area contributed by atoms with Gasteiger partial charge in [0.2, 0.25) is 0 Å². The van der Waals surface area contributed by atoms with Gasteiger partial charge >= 0.3 is 0 Å². The molecule has 0 bridgehead atoms. The number of rotatable bonds is 0. The zero-order valence-corrected chi connectivity index (χ0v) is 5.41. The van der Waals surface area contributed by atoms with Gasteiger partial charge in [0.15, 0.2) is 0 Å². The van der Waals surface area contributed by atoms with E-state index in [4.69, 9.17) is 8.22 Å². The smallest absolute Gasteiger partial charge is 0.0840 e. The van der Waals surface area contributed by atoms with Gasteiger partial charge in [-0.3, -0.25) is 4.98 Å². The maximum atomic E-state index is 7.42. The third kappa shape index (κ3) is 1.30. The quantitative estimate of drug-likeness (QED) is 0.593. The Morgan fingerprint density at radius 2 is 2.88 bits per heavy atom. The van der Waals surface area contributed by atoms with Gasteiger partial charge in [0.25, 0.3) is 0 Å². The Labute approximate surface area is 65.3 Å². The predicted octanol–water partition coefficient (Wildman–Crippen LogP) is 2.15. The van der Waals surface area contributed by atoms with Crippen LogP contribution in [0.25, 0.3) is 0 Å². The minimum atomic E-state index is -2.52. The molecule has 0 fully saturated rings. The molecule has 0 aliphatic rings. The number of aryl methyl sites for hydroxylation is 1. The number of aromatic nitrogens is 1. The molecule has 0 unspecified atom stereocenters. The second kappa shape index (κ2) is 2.27. The molecule has 0 aliphatic heterocycles. The van der Waals surface area contributed by atoms with Gasteiger partial charge in [-0.25, -0.2) is 0 Å². The van der Waals surface area contributed by atoms with E-state index in [0.717, 1.165) is 0 Å². The van der Waals surface area contributed by atoms with Crippen LogP contribution in [-0.2, 0) is 0 Å². The van der Waals surface area contributed by atoms with Gasteiger partial charge in [-0.15, -0.1) is 0 Å². The van der Waals surface area contributed by atoms with E-state index in [-0.39, 0.29) is 16.6 Å². The SMILES string of the molecule is [2H]c1nc(C([2H])([2H])[2H])c([2H])c(Br)c1[2H]. The maximum absolute atomic E-state index is 7.42. The molecule has 1 aromatic rings. The van der Waals surface area contributed by atoms with Gasteiger partial charge < -0.3 is 0 Å². The first kappa shape index (κ1) is 1.81. The summed E-state index contributed by atoms with van der Waals surface area (Å²) >= 11 is 2.89. The summed E-state index contributed by atoms with van der Waals surface area (Å²) in [6.07, 6.45) is -0.445. The van der Waals surface area contributed by atoms with E-state index < -0.39 is 18.7 Å². The highest BCUT2D eigenvalue weighted by atomic mass is 79.9. The predicted molar refractivity (Wildman–Crippen MR) is 36.7 cm³/mol. The topological polar surface area (TPSA) is 12.9 Å². The van der Waals surface area contributed by atoms with Crippen LogP contribution >= 0.6 is 15.9 Å². The van der Waals surface area contributed by atoms with Crippen molar-refractivity contribution in [3.05, 3.63) is 28.4 Å². The van der Waals surface area contributed by atoms with Crippen LogP contribution in [0.5, 0.6) is 0 Å². The summed E-state index contributed by atoms with van der Waals surface area (Å²) in [7, 11) is 0. The highest BCUT2D eigenvalue weighted by Crippen LogP contribution is 2.07. The molecule has 0 saturated heterocycles. The fraction of sp³-hybridized carbons (Fsp3) is 0.167. The molecule has 0 N–H and O–H groups in total. The van der Waals surface area contributed by atoms with Crippen LogP contribution in [0.2, 0.25) is 0 Å². The lowest BCUT2D eigenvalue weighted by atomic mass is 10.4. The molecule has 1 heterocycles. The Kier molecular flexibility index (Phi) is 0.511. The van der Waals surface area contributed by atoms with Crippen molar-refractivity contribution in [2.24, 2.45) is 0 Å². The highest BCUT2D eigenvalue weighted by Gasteiger charge is 1.83. The molecule has 8 heavy (non-hydrogen) atoms. The van der Waals surface area contributed by atoms with Crippen LogP contribution in [-0.4, -0.2) is 4.98 Å². The van der Waals surface area contributed by atoms with E-state index in [2.05, 4.69) is 20.9 Å². The summed E-state index contributed by atoms with van der Waals surface area (Å²) in [6, 6.07) is -0.631. The standard InChI is InChI=1S/C6H6BrN/c1-5-4-6(7)2-3-8-5/h2-4H,1H3/i1D3,2D,3D,4D. The monoisotopic (exact) mass is 177 g/mol. The first-order valence-electron chi connectivity index (χ1n) is 4.89. The lowest BCUT2D eigenvalue weighted by Gasteiger charge is -1.88. The molecule has 1 rings (SSSR count). The zero-order valence-electron chi connectivity index (χ0n) is 9.83. The Hall–Kier alpha value is -0.370. The molecule has 0 amide bonds. The van der Waals surface area contributed by atoms with Crippen molar-refractivity contribution in [2.75, 3.05) is 0 Å². The van der Waals surface area contributed by atoms with E-state index in [0.29, 0.717) is 0 Å². The molecule has 42 valence electrons. The summed E-state index contributed by atoms with van der Waals surface area (Å²) in [5.41, 5.74) is -0.453. The van der Waals surface area contributed by atoms with E-state index in [1.54, 1.807) is 0 Å². The average Bonchev–Trinajstić information content (AvgIpc) is 2.06. The van der Waals surface area contributed by atoms with Gasteiger partial charge in [-0.05, 0) is 18.9 Å². The maximum Gasteiger partial charge on any atom is 0.0840 e. The van der Waals surface area contributed by atoms with E-state index >= 15 is 0 Å². The summed E-state index contributed by atoms with van der Waals surface area (Å²) in [4.78, 5) is 3.40. The van der Waals surface area contributed by atoms with Crippen LogP contribution < -0.4 is 0 Å². The average molecular weight is 178 g/mol. The van der Waals surface area contributed by atoms with Gasteiger partial charge in [-0.1, -0.05) is 15.9 Å². The van der Waals surface area contributed by atoms with Crippen molar-refractivity contribution in [3.8, 4) is 0 Å². The van der Waals surface area contributed by atoms with E-state index in [9.17, 15) is 0 Å². The van der Waals surface area contributed by atoms with E-state index in [1.807, 2.05) is 0 Å². The van der Waals surface area contributed by atoms with Gasteiger partial charge in [0.1, 0.15) is 0 Å². The zero-order chi connectivity index (χ0) is 11.1. The summed E-state index contributed by atoms with van der Waals surface area (Å²) < 4.78 is 43.1. The number of nitrogens with zero attached hydrogens (tertiary/aromatic N) is 1. The Morgan fingerprint density at radius 1 is 2.00 bits per heavy atom. The van der Waals surface area contributed by atoms with Crippen molar-refractivity contribution in [2.45, 2.75) is 6.85 Å². The van der Waals surface area contributed by atoms with Crippen molar-refractivity contribution in [3.63, 3.8) is 0 Å². The number of pyridine rings is 1. The second-order valence-corrected chi connectivity index (χ2v) is 1.93. The Morgan fingerprint density at radius 3 is 3.62 bits per heavy atom. The third-order valence-electron chi connectivity index (χ3n) is 0.561. The molecule has 1 nitrogen and oxygen atoms in total. The second-order valence-electron chi connectivity index (χ2n) is 1.14. The van der Waals surface area contributed by atoms with Crippen molar-refractivity contribution in [1.82, 2.24) is 4.98 Å². The van der Waals surface area contributed by atoms with Crippen LogP contribution in [0.1, 0.15) is 13.9 Å². The van der Waals surface area contributed by atoms with Crippen LogP contribution in [0.15, 0.2) is 22.7 Å². The largest absolute Gasteiger partial charge is 0.262 e. The van der Waals surface area contributed by atoms with Gasteiger partial charge in [0.05, 0.1) is 4.11 Å². The van der Waals surface area contributed by atoms with Gasteiger partial charge in [-0.2, -0.15) is 0 Å². The fourth-order valence-electron chi connectivity index (χ4n) is 0.296. The molecule has 0 radical (unpaired) electrons. The summed E-state index contributed by atoms with van der Waals surface area (Å²) in [5, 5.41) is 0. The minimum Gasteiger partial charge on any atom is -0.262 e. The third-order valence-corrected chi connectivity index (χ3v) is 0.958. The van der Waals surface area contributed by atoms with Gasteiger partial charge in [0, 0.05) is 20.5 Å². The normalized spacial score (nSPS) is 21.6. The molecule has 0 aliphatic carbocycles. The lowest BCUT2D eigenvalue weighted by molar-refractivity contribution is 1.19. The molecule has 0 atom stereocenters. The summed E-state index contributed by atoms with van der Waals surface area (Å²) in [6.45, 7) is -2.52. The first-order chi connectivity index (χ1) is 6.25. The molecular weight excluding hydrogens is 166 g/mol. The summed E-state index contributed by atoms with van der Waals surface area (Å²) in [5.74, 6) is 0. The highest BCUT2D eigenvalue weighted by molar-refractivity contribution is 9.10. The molecule has 1 aromatic heterocycles. The molecule has 0 saturated carbocycles. The number of hydrogen-bond donors (Lipinski definition) is 0. The fourth-order valence-corrected chi connectivity index (χ4v) is 0.573. The van der Waals surface area contributed by atoms with Crippen LogP contribution in [0, 0.1) is 6.85 Å². The molecule has 0 spiro atoms. The molecular formula is C6H6BrN. The van der Waals surface area contributed by atoms with Crippen molar-refractivity contribution < 1.29 is 8.22 Å². The first-order valence-corrected chi connectivity index (χ1v) is 2.68. The van der Waals surface area contributed by atoms with Crippen molar-refractivity contribution in [1.29, 1.82) is 0 Å². The number of hydrogen-bond acceptors (Lipinski definition) is 1. The Bertz CT molecular complexity index is 374. The Balaban J connectivity index is 3.49.